The van der Waals surface area contributed by atoms with Crippen molar-refractivity contribution in [3.8, 4) is 0 Å². The van der Waals surface area contributed by atoms with Crippen molar-refractivity contribution in [1.82, 2.24) is 14.6 Å². The minimum Gasteiger partial charge on any atom is -0.372 e. The molecule has 0 atom stereocenters. The van der Waals surface area contributed by atoms with Crippen molar-refractivity contribution in [2.24, 2.45) is 0 Å². The molecule has 0 radical (unpaired) electrons. The van der Waals surface area contributed by atoms with Crippen LogP contribution in [-0.4, -0.2) is 37.2 Å². The Labute approximate surface area is 182 Å². The summed E-state index contributed by atoms with van der Waals surface area (Å²) in [6.45, 7) is 1.08. The van der Waals surface area contributed by atoms with Crippen LogP contribution in [0.3, 0.4) is 0 Å². The van der Waals surface area contributed by atoms with E-state index in [0.717, 1.165) is 21.0 Å². The van der Waals surface area contributed by atoms with E-state index >= 15 is 0 Å². The first-order chi connectivity index (χ1) is 14.9. The Kier molecular flexibility index (Phi) is 7.88. The van der Waals surface area contributed by atoms with Gasteiger partial charge in [-0.1, -0.05) is 54.6 Å². The molecule has 0 unspecified atom stereocenters. The van der Waals surface area contributed by atoms with Gasteiger partial charge >= 0.3 is 0 Å². The number of likely N-dealkylation sites (N-methyl/N-ethyl adjacent to an activating group) is 1. The van der Waals surface area contributed by atoms with E-state index in [1.165, 1.54) is 31.6 Å². The molecule has 0 aliphatic heterocycles. The van der Waals surface area contributed by atoms with Gasteiger partial charge in [0.1, 0.15) is 4.90 Å². The van der Waals surface area contributed by atoms with Gasteiger partial charge in [0, 0.05) is 26.0 Å². The van der Waals surface area contributed by atoms with Gasteiger partial charge in [0.25, 0.3) is 0 Å². The fraction of sp³-hybridized carbons (Fsp3) is 0.217. The van der Waals surface area contributed by atoms with Crippen LogP contribution in [0, 0.1) is 0 Å². The lowest BCUT2D eigenvalue weighted by atomic mass is 10.1. The van der Waals surface area contributed by atoms with Crippen molar-refractivity contribution < 1.29 is 17.9 Å². The maximum absolute atomic E-state index is 12.5. The lowest BCUT2D eigenvalue weighted by molar-refractivity contribution is -0.121. The monoisotopic (exact) mass is 439 g/mol. The van der Waals surface area contributed by atoms with Crippen molar-refractivity contribution in [3.63, 3.8) is 0 Å². The van der Waals surface area contributed by atoms with Crippen molar-refractivity contribution >= 4 is 15.9 Å². The Balaban J connectivity index is 1.43. The summed E-state index contributed by atoms with van der Waals surface area (Å²) in [6.07, 6.45) is 2.75. The number of sulfonamides is 1. The van der Waals surface area contributed by atoms with Crippen LogP contribution < -0.4 is 5.32 Å². The zero-order chi connectivity index (χ0) is 22.1. The van der Waals surface area contributed by atoms with E-state index in [-0.39, 0.29) is 17.3 Å². The maximum Gasteiger partial charge on any atom is 0.244 e. The second-order valence-electron chi connectivity index (χ2n) is 7.02. The highest BCUT2D eigenvalue weighted by Crippen LogP contribution is 2.12. The largest absolute Gasteiger partial charge is 0.372 e. The summed E-state index contributed by atoms with van der Waals surface area (Å²) in [4.78, 5) is 16.1. The third-order valence-electron chi connectivity index (χ3n) is 4.60. The Hall–Kier alpha value is -3.07. The van der Waals surface area contributed by atoms with Gasteiger partial charge in [0.05, 0.1) is 19.8 Å². The minimum atomic E-state index is -3.76. The summed E-state index contributed by atoms with van der Waals surface area (Å²) in [5.41, 5.74) is 3.07. The van der Waals surface area contributed by atoms with Gasteiger partial charge in [-0.15, -0.1) is 0 Å². The van der Waals surface area contributed by atoms with Crippen LogP contribution in [0.25, 0.3) is 0 Å². The van der Waals surface area contributed by atoms with Crippen LogP contribution in [0.2, 0.25) is 0 Å². The van der Waals surface area contributed by atoms with Gasteiger partial charge < -0.3 is 10.1 Å². The molecule has 31 heavy (non-hydrogen) atoms. The molecule has 3 aromatic rings. The predicted molar refractivity (Wildman–Crippen MR) is 117 cm³/mol. The summed E-state index contributed by atoms with van der Waals surface area (Å²) in [5.74, 6) is -0.384. The second-order valence-corrected chi connectivity index (χ2v) is 9.07. The zero-order valence-electron chi connectivity index (χ0n) is 17.3. The van der Waals surface area contributed by atoms with Gasteiger partial charge in [-0.3, -0.25) is 9.78 Å². The molecular weight excluding hydrogens is 414 g/mol. The number of benzene rings is 2. The number of hydrogen-bond donors (Lipinski definition) is 1. The van der Waals surface area contributed by atoms with Gasteiger partial charge in [0.15, 0.2) is 0 Å². The van der Waals surface area contributed by atoms with Crippen LogP contribution in [0.5, 0.6) is 0 Å². The Bertz CT molecular complexity index is 1070. The number of hydrogen-bond acceptors (Lipinski definition) is 5. The molecule has 0 saturated carbocycles. The van der Waals surface area contributed by atoms with Crippen molar-refractivity contribution in [2.45, 2.75) is 24.7 Å². The Morgan fingerprint density at radius 3 is 2.23 bits per heavy atom. The van der Waals surface area contributed by atoms with Gasteiger partial charge in [-0.2, -0.15) is 4.31 Å². The lowest BCUT2D eigenvalue weighted by Gasteiger charge is -2.16. The molecule has 162 valence electrons. The van der Waals surface area contributed by atoms with E-state index in [1.54, 1.807) is 0 Å². The van der Waals surface area contributed by atoms with E-state index < -0.39 is 10.0 Å². The summed E-state index contributed by atoms with van der Waals surface area (Å²) < 4.78 is 31.6. The third kappa shape index (κ3) is 6.71. The third-order valence-corrected chi connectivity index (χ3v) is 6.39. The standard InChI is InChI=1S/C23H25N3O4S/c1-26(31(28,29)22-8-5-13-24-15-22)16-23(27)25-14-19-9-11-21(12-10-19)18-30-17-20-6-3-2-4-7-20/h2-13,15H,14,16-18H2,1H3,(H,25,27). The van der Waals surface area contributed by atoms with Crippen LogP contribution in [0.15, 0.2) is 84.0 Å². The van der Waals surface area contributed by atoms with Crippen LogP contribution >= 0.6 is 0 Å². The summed E-state index contributed by atoms with van der Waals surface area (Å²) >= 11 is 0. The first-order valence-electron chi connectivity index (χ1n) is 9.78. The molecule has 1 heterocycles. The van der Waals surface area contributed by atoms with Gasteiger partial charge in [-0.05, 0) is 28.8 Å². The van der Waals surface area contributed by atoms with E-state index in [1.807, 2.05) is 54.6 Å². The number of pyridine rings is 1. The highest BCUT2D eigenvalue weighted by Gasteiger charge is 2.22. The molecule has 1 amide bonds. The van der Waals surface area contributed by atoms with Gasteiger partial charge in [0.2, 0.25) is 15.9 Å². The van der Waals surface area contributed by atoms with Crippen LogP contribution in [0.4, 0.5) is 0 Å². The molecule has 0 spiro atoms. The van der Waals surface area contributed by atoms with Crippen molar-refractivity contribution in [1.29, 1.82) is 0 Å². The van der Waals surface area contributed by atoms with Crippen LogP contribution in [-0.2, 0) is 39.3 Å². The molecule has 0 saturated heterocycles. The quantitative estimate of drug-likeness (QED) is 0.525. The minimum absolute atomic E-state index is 0.0513. The molecule has 8 heteroatoms. The maximum atomic E-state index is 12.5. The lowest BCUT2D eigenvalue weighted by Crippen LogP contribution is -2.38. The molecule has 1 aromatic heterocycles. The Morgan fingerprint density at radius 1 is 0.935 bits per heavy atom. The summed E-state index contributed by atoms with van der Waals surface area (Å²) in [7, 11) is -2.39. The van der Waals surface area contributed by atoms with Crippen LogP contribution in [0.1, 0.15) is 16.7 Å². The molecule has 0 bridgehead atoms. The molecule has 7 nitrogen and oxygen atoms in total. The molecule has 0 fully saturated rings. The summed E-state index contributed by atoms with van der Waals surface area (Å²) in [6, 6.07) is 20.7. The van der Waals surface area contributed by atoms with E-state index in [2.05, 4.69) is 10.3 Å². The molecule has 0 aliphatic rings. The first kappa shape index (κ1) is 22.6. The fourth-order valence-electron chi connectivity index (χ4n) is 2.84. The number of nitrogens with one attached hydrogen (secondary N) is 1. The number of aromatic nitrogens is 1. The fourth-order valence-corrected chi connectivity index (χ4v) is 3.93. The average molecular weight is 440 g/mol. The smallest absolute Gasteiger partial charge is 0.244 e. The Morgan fingerprint density at radius 2 is 1.58 bits per heavy atom. The SMILES string of the molecule is CN(CC(=O)NCc1ccc(COCc2ccccc2)cc1)S(=O)(=O)c1cccnc1. The van der Waals surface area contributed by atoms with Crippen molar-refractivity contribution in [2.75, 3.05) is 13.6 Å². The molecule has 3 rings (SSSR count). The number of amides is 1. The second kappa shape index (κ2) is 10.8. The average Bonchev–Trinajstić information content (AvgIpc) is 2.80. The van der Waals surface area contributed by atoms with E-state index in [0.29, 0.717) is 19.8 Å². The first-order valence-corrected chi connectivity index (χ1v) is 11.2. The summed E-state index contributed by atoms with van der Waals surface area (Å²) in [5, 5.41) is 2.75. The number of nitrogens with zero attached hydrogens (tertiary/aromatic N) is 2. The highest BCUT2D eigenvalue weighted by molar-refractivity contribution is 7.89. The number of ether oxygens (including phenoxy) is 1. The van der Waals surface area contributed by atoms with E-state index in [9.17, 15) is 13.2 Å². The zero-order valence-corrected chi connectivity index (χ0v) is 18.1. The predicted octanol–water partition coefficient (Wildman–Crippen LogP) is 2.74. The topological polar surface area (TPSA) is 88.6 Å². The van der Waals surface area contributed by atoms with Gasteiger partial charge in [-0.25, -0.2) is 8.42 Å². The highest BCUT2D eigenvalue weighted by atomic mass is 32.2. The molecule has 2 aromatic carbocycles. The number of carbonyl (C=O) groups is 1. The number of carbonyl (C=O) groups excluding carboxylic acids is 1. The normalized spacial score (nSPS) is 11.4. The molecule has 1 N–H and O–H groups in total. The number of rotatable bonds is 10. The molecule has 0 aliphatic carbocycles. The molecular formula is C23H25N3O4S. The van der Waals surface area contributed by atoms with Crippen molar-refractivity contribution in [3.05, 3.63) is 95.8 Å². The van der Waals surface area contributed by atoms with E-state index in [4.69, 9.17) is 4.74 Å².